The fourth-order valence-corrected chi connectivity index (χ4v) is 3.72. The summed E-state index contributed by atoms with van der Waals surface area (Å²) in [6, 6.07) is 0. The molecule has 0 saturated heterocycles. The molecule has 0 heterocycles. The van der Waals surface area contributed by atoms with Crippen molar-refractivity contribution < 1.29 is 24.2 Å². The lowest BCUT2D eigenvalue weighted by Crippen LogP contribution is -2.23. The van der Waals surface area contributed by atoms with Gasteiger partial charge in [-0.2, -0.15) is 0 Å². The molecular formula is C24H44O5. The lowest BCUT2D eigenvalue weighted by molar-refractivity contribution is -0.149. The van der Waals surface area contributed by atoms with E-state index in [-0.39, 0.29) is 37.8 Å². The molecule has 1 N–H and O–H groups in total. The Bertz CT molecular complexity index is 460. The molecule has 0 bridgehead atoms. The van der Waals surface area contributed by atoms with Crippen molar-refractivity contribution in [1.29, 1.82) is 0 Å². The van der Waals surface area contributed by atoms with Crippen LogP contribution in [-0.4, -0.2) is 37.4 Å². The van der Waals surface area contributed by atoms with E-state index in [0.29, 0.717) is 18.4 Å². The van der Waals surface area contributed by atoms with Gasteiger partial charge in [0.25, 0.3) is 0 Å². The summed E-state index contributed by atoms with van der Waals surface area (Å²) < 4.78 is 9.72. The first-order valence-electron chi connectivity index (χ1n) is 10.5. The second-order valence-corrected chi connectivity index (χ2v) is 7.85. The maximum Gasteiger partial charge on any atom is 0.309 e. The molecule has 0 spiro atoms. The summed E-state index contributed by atoms with van der Waals surface area (Å²) in [6.45, 7) is 11.6. The summed E-state index contributed by atoms with van der Waals surface area (Å²) in [6.07, 6.45) is 12.0. The summed E-state index contributed by atoms with van der Waals surface area (Å²) in [4.78, 5) is 22.5. The monoisotopic (exact) mass is 412 g/mol. The van der Waals surface area contributed by atoms with Crippen LogP contribution in [0.25, 0.3) is 0 Å². The smallest absolute Gasteiger partial charge is 0.309 e. The minimum atomic E-state index is -0.0357. The molecule has 0 aliphatic heterocycles. The van der Waals surface area contributed by atoms with E-state index in [1.807, 2.05) is 0 Å². The van der Waals surface area contributed by atoms with Gasteiger partial charge in [-0.05, 0) is 37.5 Å². The Balaban J connectivity index is 0. The lowest BCUT2D eigenvalue weighted by Gasteiger charge is -2.24. The van der Waals surface area contributed by atoms with Gasteiger partial charge in [-0.3, -0.25) is 9.59 Å². The van der Waals surface area contributed by atoms with Crippen LogP contribution in [0.3, 0.4) is 0 Å². The molecule has 4 unspecified atom stereocenters. The van der Waals surface area contributed by atoms with Gasteiger partial charge < -0.3 is 14.6 Å². The van der Waals surface area contributed by atoms with Crippen LogP contribution in [0, 0.1) is 23.7 Å². The molecule has 4 atom stereocenters. The van der Waals surface area contributed by atoms with Gasteiger partial charge in [-0.15, -0.1) is 6.58 Å². The van der Waals surface area contributed by atoms with E-state index in [0.717, 1.165) is 32.1 Å². The molecule has 2 aliphatic rings. The van der Waals surface area contributed by atoms with Crippen molar-refractivity contribution >= 4 is 11.9 Å². The number of carbonyl (C=O) groups excluding carboxylic acids is 2. The standard InChI is InChI=1S/C11H18O2.C9H16O2.C3H6O.CH4/c1-3-7-13-11(12)10-6-4-5-9(2)8-10;1-7-4-3-5-8(6-7)9(10)11-2;1-2-3-4;/h3,9-10H,1,4-8H2,2H3;7-8H,3-6H2,1-2H3;2,4H,1,3H2;1H4. The van der Waals surface area contributed by atoms with Crippen LogP contribution in [0.4, 0.5) is 0 Å². The highest BCUT2D eigenvalue weighted by atomic mass is 16.5. The molecule has 0 aromatic heterocycles. The molecule has 5 nitrogen and oxygen atoms in total. The Labute approximate surface area is 178 Å². The summed E-state index contributed by atoms with van der Waals surface area (Å²) in [5.41, 5.74) is 0. The predicted octanol–water partition coefficient (Wildman–Crippen LogP) is 5.33. The van der Waals surface area contributed by atoms with Gasteiger partial charge in [0.1, 0.15) is 6.61 Å². The average molecular weight is 413 g/mol. The molecule has 0 aromatic carbocycles. The molecule has 2 aliphatic carbocycles. The minimum Gasteiger partial charge on any atom is -0.469 e. The molecule has 0 aromatic rings. The van der Waals surface area contributed by atoms with Gasteiger partial charge in [0.05, 0.1) is 25.6 Å². The highest BCUT2D eigenvalue weighted by molar-refractivity contribution is 5.72. The lowest BCUT2D eigenvalue weighted by atomic mass is 9.82. The number of methoxy groups -OCH3 is 1. The third-order valence-corrected chi connectivity index (χ3v) is 5.21. The third kappa shape index (κ3) is 14.1. The zero-order chi connectivity index (χ0) is 21.4. The molecular weight excluding hydrogens is 368 g/mol. The molecule has 170 valence electrons. The maximum atomic E-state index is 11.4. The Morgan fingerprint density at radius 3 is 1.72 bits per heavy atom. The maximum absolute atomic E-state index is 11.4. The molecule has 2 saturated carbocycles. The SMILES string of the molecule is C.C=CCO.C=CCOC(=O)C1CCCC(C)C1.COC(=O)C1CCCC(C)C1. The van der Waals surface area contributed by atoms with Crippen LogP contribution in [0.2, 0.25) is 0 Å². The number of hydrogen-bond donors (Lipinski definition) is 1. The number of esters is 2. The first-order chi connectivity index (χ1) is 13.4. The molecule has 29 heavy (non-hydrogen) atoms. The fourth-order valence-electron chi connectivity index (χ4n) is 3.72. The van der Waals surface area contributed by atoms with Crippen LogP contribution >= 0.6 is 0 Å². The molecule has 2 rings (SSSR count). The number of aliphatic hydroxyl groups is 1. The number of carbonyl (C=O) groups is 2. The number of aliphatic hydroxyl groups excluding tert-OH is 1. The largest absolute Gasteiger partial charge is 0.469 e. The zero-order valence-electron chi connectivity index (χ0n) is 18.0. The molecule has 2 fully saturated rings. The van der Waals surface area contributed by atoms with Crippen LogP contribution in [0.15, 0.2) is 25.3 Å². The topological polar surface area (TPSA) is 72.8 Å². The van der Waals surface area contributed by atoms with Crippen LogP contribution in [0.5, 0.6) is 0 Å². The predicted molar refractivity (Wildman–Crippen MR) is 119 cm³/mol. The van der Waals surface area contributed by atoms with Crippen molar-refractivity contribution in [2.45, 2.75) is 72.6 Å². The van der Waals surface area contributed by atoms with Crippen molar-refractivity contribution in [3.8, 4) is 0 Å². The summed E-state index contributed by atoms with van der Waals surface area (Å²) in [5, 5.41) is 7.76. The Morgan fingerprint density at radius 1 is 0.931 bits per heavy atom. The van der Waals surface area contributed by atoms with E-state index in [1.165, 1.54) is 32.4 Å². The van der Waals surface area contributed by atoms with Crippen molar-refractivity contribution in [3.63, 3.8) is 0 Å². The number of hydrogen-bond acceptors (Lipinski definition) is 5. The second kappa shape index (κ2) is 18.4. The number of rotatable bonds is 5. The van der Waals surface area contributed by atoms with Crippen LogP contribution < -0.4 is 0 Å². The van der Waals surface area contributed by atoms with Crippen molar-refractivity contribution in [1.82, 2.24) is 0 Å². The van der Waals surface area contributed by atoms with Gasteiger partial charge in [0.15, 0.2) is 0 Å². The second-order valence-electron chi connectivity index (χ2n) is 7.85. The van der Waals surface area contributed by atoms with Gasteiger partial charge >= 0.3 is 11.9 Å². The van der Waals surface area contributed by atoms with E-state index >= 15 is 0 Å². The first-order valence-corrected chi connectivity index (χ1v) is 10.5. The van der Waals surface area contributed by atoms with Crippen molar-refractivity contribution in [3.05, 3.63) is 25.3 Å². The van der Waals surface area contributed by atoms with E-state index in [2.05, 4.69) is 27.0 Å². The van der Waals surface area contributed by atoms with E-state index in [1.54, 1.807) is 6.08 Å². The van der Waals surface area contributed by atoms with Gasteiger partial charge in [0.2, 0.25) is 0 Å². The normalized spacial score (nSPS) is 25.4. The number of ether oxygens (including phenoxy) is 2. The fraction of sp³-hybridized carbons (Fsp3) is 0.750. The summed E-state index contributed by atoms with van der Waals surface area (Å²) in [7, 11) is 1.47. The Kier molecular flexibility index (Phi) is 18.8. The summed E-state index contributed by atoms with van der Waals surface area (Å²) in [5.74, 6) is 1.65. The van der Waals surface area contributed by atoms with Crippen molar-refractivity contribution in [2.75, 3.05) is 20.3 Å². The van der Waals surface area contributed by atoms with Gasteiger partial charge in [-0.25, -0.2) is 0 Å². The van der Waals surface area contributed by atoms with E-state index < -0.39 is 0 Å². The van der Waals surface area contributed by atoms with Gasteiger partial charge in [0, 0.05) is 0 Å². The quantitative estimate of drug-likeness (QED) is 0.488. The molecule has 0 radical (unpaired) electrons. The molecule has 0 amide bonds. The van der Waals surface area contributed by atoms with E-state index in [9.17, 15) is 9.59 Å². The van der Waals surface area contributed by atoms with Crippen molar-refractivity contribution in [2.24, 2.45) is 23.7 Å². The highest BCUT2D eigenvalue weighted by Crippen LogP contribution is 2.29. The zero-order valence-corrected chi connectivity index (χ0v) is 18.0. The van der Waals surface area contributed by atoms with Crippen LogP contribution in [0.1, 0.15) is 72.6 Å². The minimum absolute atomic E-state index is 0. The van der Waals surface area contributed by atoms with Crippen LogP contribution in [-0.2, 0) is 19.1 Å². The summed E-state index contributed by atoms with van der Waals surface area (Å²) >= 11 is 0. The Hall–Kier alpha value is -1.62. The van der Waals surface area contributed by atoms with Gasteiger partial charge in [-0.1, -0.05) is 65.7 Å². The van der Waals surface area contributed by atoms with E-state index in [4.69, 9.17) is 14.6 Å². The highest BCUT2D eigenvalue weighted by Gasteiger charge is 2.26. The molecule has 5 heteroatoms. The average Bonchev–Trinajstić information content (AvgIpc) is 2.72. The first kappa shape index (κ1) is 29.6. The third-order valence-electron chi connectivity index (χ3n) is 5.21. The Morgan fingerprint density at radius 2 is 1.38 bits per heavy atom.